The van der Waals surface area contributed by atoms with Crippen molar-refractivity contribution < 1.29 is 14.1 Å². The fraction of sp³-hybridized carbons (Fsp3) is 0.120. The lowest BCUT2D eigenvalue weighted by Crippen LogP contribution is -2.20. The highest BCUT2D eigenvalue weighted by Gasteiger charge is 2.15. The van der Waals surface area contributed by atoms with E-state index in [-0.39, 0.29) is 11.9 Å². The fourth-order valence-corrected chi connectivity index (χ4v) is 4.05. The molecule has 4 aromatic rings. The van der Waals surface area contributed by atoms with Gasteiger partial charge in [-0.25, -0.2) is 4.79 Å². The molecule has 0 unspecified atom stereocenters. The van der Waals surface area contributed by atoms with Crippen LogP contribution in [0.4, 0.5) is 21.9 Å². The third kappa shape index (κ3) is 6.02. The molecule has 0 aliphatic rings. The monoisotopic (exact) mass is 473 g/mol. The molecular weight excluding hydrogens is 450 g/mol. The van der Waals surface area contributed by atoms with Gasteiger partial charge in [-0.3, -0.25) is 4.79 Å². The first kappa shape index (κ1) is 23.1. The molecule has 0 atom stereocenters. The molecule has 9 heteroatoms. The maximum Gasteiger partial charge on any atom is 0.323 e. The van der Waals surface area contributed by atoms with Crippen molar-refractivity contribution in [1.29, 1.82) is 0 Å². The van der Waals surface area contributed by atoms with Gasteiger partial charge < -0.3 is 20.5 Å². The fourth-order valence-electron chi connectivity index (χ4n) is 3.16. The summed E-state index contributed by atoms with van der Waals surface area (Å²) in [7, 11) is 0. The van der Waals surface area contributed by atoms with Crippen molar-refractivity contribution in [2.75, 3.05) is 16.0 Å². The van der Waals surface area contributed by atoms with E-state index in [1.807, 2.05) is 49.4 Å². The minimum atomic E-state index is -0.370. The average molecular weight is 474 g/mol. The quantitative estimate of drug-likeness (QED) is 0.289. The summed E-state index contributed by atoms with van der Waals surface area (Å²) in [5, 5.41) is 12.4. The smallest absolute Gasteiger partial charge is 0.323 e. The Morgan fingerprint density at radius 1 is 0.882 bits per heavy atom. The Bertz CT molecular complexity index is 1310. The maximum absolute atomic E-state index is 13.1. The molecule has 0 aliphatic carbocycles. The number of amides is 3. The number of nitrogens with one attached hydrogen (secondary N) is 3. The van der Waals surface area contributed by atoms with Crippen LogP contribution in [0.3, 0.4) is 0 Å². The summed E-state index contributed by atoms with van der Waals surface area (Å²) >= 11 is 1.46. The van der Waals surface area contributed by atoms with Gasteiger partial charge in [-0.05, 0) is 48.9 Å². The van der Waals surface area contributed by atoms with Crippen LogP contribution in [0.5, 0.6) is 0 Å². The van der Waals surface area contributed by atoms with Crippen molar-refractivity contribution in [1.82, 2.24) is 10.1 Å². The summed E-state index contributed by atoms with van der Waals surface area (Å²) in [4.78, 5) is 30.4. The molecule has 4 rings (SSSR count). The van der Waals surface area contributed by atoms with E-state index in [2.05, 4.69) is 26.1 Å². The zero-order valence-corrected chi connectivity index (χ0v) is 19.5. The number of hydrogen-bond donors (Lipinski definition) is 3. The molecule has 1 heterocycles. The summed E-state index contributed by atoms with van der Waals surface area (Å²) in [5.41, 5.74) is 3.26. The molecule has 8 nitrogen and oxygen atoms in total. The zero-order valence-electron chi connectivity index (χ0n) is 18.7. The first-order valence-corrected chi connectivity index (χ1v) is 11.5. The second kappa shape index (κ2) is 10.7. The van der Waals surface area contributed by atoms with Crippen molar-refractivity contribution in [3.63, 3.8) is 0 Å². The topological polar surface area (TPSA) is 109 Å². The molecule has 34 heavy (non-hydrogen) atoms. The van der Waals surface area contributed by atoms with Crippen LogP contribution in [-0.2, 0) is 5.75 Å². The van der Waals surface area contributed by atoms with E-state index < -0.39 is 0 Å². The Balaban J connectivity index is 1.44. The predicted octanol–water partition coefficient (Wildman–Crippen LogP) is 5.88. The number of rotatable bonds is 7. The van der Waals surface area contributed by atoms with Gasteiger partial charge in [0.25, 0.3) is 5.91 Å². The molecule has 3 N–H and O–H groups in total. The summed E-state index contributed by atoms with van der Waals surface area (Å²) in [5.74, 6) is 1.31. The number of aromatic nitrogens is 2. The van der Waals surface area contributed by atoms with E-state index in [9.17, 15) is 9.59 Å². The third-order valence-corrected chi connectivity index (χ3v) is 5.90. The Kier molecular flexibility index (Phi) is 7.24. The van der Waals surface area contributed by atoms with Crippen molar-refractivity contribution in [2.45, 2.75) is 24.5 Å². The van der Waals surface area contributed by atoms with Gasteiger partial charge in [0.2, 0.25) is 5.89 Å². The summed E-state index contributed by atoms with van der Waals surface area (Å²) in [6, 6.07) is 21.5. The number of anilines is 3. The van der Waals surface area contributed by atoms with Gasteiger partial charge in [-0.2, -0.15) is 4.98 Å². The van der Waals surface area contributed by atoms with Gasteiger partial charge in [-0.1, -0.05) is 41.6 Å². The van der Waals surface area contributed by atoms with Crippen LogP contribution in [0.1, 0.15) is 27.6 Å². The summed E-state index contributed by atoms with van der Waals surface area (Å²) < 4.78 is 5.01. The number of nitrogens with zero attached hydrogens (tertiary/aromatic N) is 2. The van der Waals surface area contributed by atoms with Crippen molar-refractivity contribution >= 4 is 40.8 Å². The number of benzene rings is 3. The molecule has 0 radical (unpaired) electrons. The lowest BCUT2D eigenvalue weighted by Gasteiger charge is -2.13. The SMILES string of the molecule is Cc1nc(CSc2ccccc2C(=O)Nc2cc(NC(=O)Nc3ccccc3)ccc2C)no1. The van der Waals surface area contributed by atoms with Crippen molar-refractivity contribution in [2.24, 2.45) is 0 Å². The van der Waals surface area contributed by atoms with E-state index in [0.717, 1.165) is 10.5 Å². The standard InChI is InChI=1S/C25H23N5O3S/c1-16-12-13-19(28-25(32)27-18-8-4-3-5-9-18)14-21(16)29-24(31)20-10-6-7-11-22(20)34-15-23-26-17(2)33-30-23/h3-14H,15H2,1-2H3,(H,29,31)(H2,27,28,32). The van der Waals surface area contributed by atoms with E-state index >= 15 is 0 Å². The van der Waals surface area contributed by atoms with E-state index in [1.54, 1.807) is 37.3 Å². The number of para-hydroxylation sites is 1. The maximum atomic E-state index is 13.1. The zero-order chi connectivity index (χ0) is 23.9. The van der Waals surface area contributed by atoms with Gasteiger partial charge >= 0.3 is 6.03 Å². The highest BCUT2D eigenvalue weighted by molar-refractivity contribution is 7.98. The average Bonchev–Trinajstić information content (AvgIpc) is 3.25. The molecule has 172 valence electrons. The first-order chi connectivity index (χ1) is 16.5. The van der Waals surface area contributed by atoms with Crippen LogP contribution < -0.4 is 16.0 Å². The Morgan fingerprint density at radius 2 is 1.62 bits per heavy atom. The Labute approximate surface area is 201 Å². The van der Waals surface area contributed by atoms with Gasteiger partial charge in [0, 0.05) is 28.9 Å². The lowest BCUT2D eigenvalue weighted by molar-refractivity contribution is 0.102. The van der Waals surface area contributed by atoms with E-state index in [1.165, 1.54) is 11.8 Å². The normalized spacial score (nSPS) is 10.5. The summed E-state index contributed by atoms with van der Waals surface area (Å²) in [6.07, 6.45) is 0. The lowest BCUT2D eigenvalue weighted by atomic mass is 10.1. The predicted molar refractivity (Wildman–Crippen MR) is 133 cm³/mol. The van der Waals surface area contributed by atoms with Crippen LogP contribution in [0.25, 0.3) is 0 Å². The number of aryl methyl sites for hydroxylation is 2. The van der Waals surface area contributed by atoms with Gasteiger partial charge in [-0.15, -0.1) is 11.8 Å². The second-order valence-electron chi connectivity index (χ2n) is 7.44. The molecule has 0 spiro atoms. The van der Waals surface area contributed by atoms with Crippen molar-refractivity contribution in [3.8, 4) is 0 Å². The number of thioether (sulfide) groups is 1. The Hall–Kier alpha value is -4.11. The minimum absolute atomic E-state index is 0.249. The number of hydrogen-bond acceptors (Lipinski definition) is 6. The van der Waals surface area contributed by atoms with E-state index in [4.69, 9.17) is 4.52 Å². The number of carbonyl (C=O) groups excluding carboxylic acids is 2. The van der Waals surface area contributed by atoms with E-state index in [0.29, 0.717) is 40.1 Å². The largest absolute Gasteiger partial charge is 0.340 e. The number of urea groups is 1. The van der Waals surface area contributed by atoms with Gasteiger partial charge in [0.1, 0.15) is 0 Å². The molecule has 1 aromatic heterocycles. The highest BCUT2D eigenvalue weighted by atomic mass is 32.2. The third-order valence-electron chi connectivity index (χ3n) is 4.83. The molecule has 0 aliphatic heterocycles. The summed E-state index contributed by atoms with van der Waals surface area (Å²) in [6.45, 7) is 3.63. The molecule has 0 fully saturated rings. The molecule has 3 aromatic carbocycles. The number of carbonyl (C=O) groups is 2. The molecular formula is C25H23N5O3S. The van der Waals surface area contributed by atoms with Crippen molar-refractivity contribution in [3.05, 3.63) is 95.6 Å². The molecule has 0 bridgehead atoms. The molecule has 0 saturated heterocycles. The van der Waals surface area contributed by atoms with Crippen LogP contribution in [0.15, 0.2) is 82.2 Å². The van der Waals surface area contributed by atoms with Crippen LogP contribution in [0.2, 0.25) is 0 Å². The molecule has 0 saturated carbocycles. The highest BCUT2D eigenvalue weighted by Crippen LogP contribution is 2.27. The Morgan fingerprint density at radius 3 is 2.38 bits per heavy atom. The van der Waals surface area contributed by atoms with Crippen LogP contribution >= 0.6 is 11.8 Å². The van der Waals surface area contributed by atoms with Crippen LogP contribution in [0, 0.1) is 13.8 Å². The second-order valence-corrected chi connectivity index (χ2v) is 8.46. The molecule has 3 amide bonds. The minimum Gasteiger partial charge on any atom is -0.340 e. The first-order valence-electron chi connectivity index (χ1n) is 10.5. The van der Waals surface area contributed by atoms with Gasteiger partial charge in [0.15, 0.2) is 5.82 Å². The van der Waals surface area contributed by atoms with Gasteiger partial charge in [0.05, 0.1) is 11.3 Å². The van der Waals surface area contributed by atoms with Crippen LogP contribution in [-0.4, -0.2) is 22.1 Å².